The molecule has 4 rings (SSSR count). The second kappa shape index (κ2) is 8.56. The van der Waals surface area contributed by atoms with Crippen molar-refractivity contribution < 1.29 is 4.74 Å². The van der Waals surface area contributed by atoms with Gasteiger partial charge in [0.1, 0.15) is 5.60 Å². The molecule has 0 spiro atoms. The Morgan fingerprint density at radius 3 is 1.24 bits per heavy atom. The van der Waals surface area contributed by atoms with E-state index in [4.69, 9.17) is 4.74 Å². The van der Waals surface area contributed by atoms with Crippen molar-refractivity contribution in [3.8, 4) is 6.07 Å². The minimum atomic E-state index is -0.917. The number of nitrogens with zero attached hydrogens (tertiary/aromatic N) is 1. The average molecular weight is 375 g/mol. The van der Waals surface area contributed by atoms with Gasteiger partial charge in [-0.3, -0.25) is 0 Å². The molecule has 29 heavy (non-hydrogen) atoms. The van der Waals surface area contributed by atoms with Gasteiger partial charge in [-0.25, -0.2) is 0 Å². The van der Waals surface area contributed by atoms with E-state index in [0.717, 1.165) is 22.3 Å². The molecule has 2 heteroatoms. The summed E-state index contributed by atoms with van der Waals surface area (Å²) < 4.78 is 6.77. The van der Waals surface area contributed by atoms with E-state index in [1.54, 1.807) is 0 Å². The first kappa shape index (κ1) is 18.7. The van der Waals surface area contributed by atoms with Crippen LogP contribution in [0.5, 0.6) is 0 Å². The summed E-state index contributed by atoms with van der Waals surface area (Å²) in [6, 6.07) is 42.3. The third-order valence-corrected chi connectivity index (χ3v) is 5.06. The molecular formula is C27H21NO. The number of rotatable bonds is 6. The lowest BCUT2D eigenvalue weighted by Gasteiger charge is -2.37. The van der Waals surface area contributed by atoms with Crippen molar-refractivity contribution in [2.45, 2.75) is 11.7 Å². The molecule has 0 heterocycles. The molecular weight excluding hydrogens is 354 g/mol. The second-order valence-corrected chi connectivity index (χ2v) is 6.82. The first-order valence-corrected chi connectivity index (χ1v) is 9.63. The topological polar surface area (TPSA) is 33.0 Å². The Labute approximate surface area is 171 Å². The highest BCUT2D eigenvalue weighted by Gasteiger charge is 2.40. The Kier molecular flexibility index (Phi) is 5.52. The summed E-state index contributed by atoms with van der Waals surface area (Å²) >= 11 is 0. The van der Waals surface area contributed by atoms with Crippen LogP contribution in [0, 0.1) is 11.3 Å². The van der Waals surface area contributed by atoms with E-state index in [-0.39, 0.29) is 0 Å². The largest absolute Gasteiger partial charge is 0.338 e. The fourth-order valence-corrected chi connectivity index (χ4v) is 3.70. The quantitative estimate of drug-likeness (QED) is 0.373. The molecule has 0 aliphatic carbocycles. The van der Waals surface area contributed by atoms with Crippen molar-refractivity contribution in [3.05, 3.63) is 144 Å². The molecule has 0 N–H and O–H groups in total. The van der Waals surface area contributed by atoms with E-state index >= 15 is 0 Å². The molecule has 4 aromatic carbocycles. The Hall–Kier alpha value is -3.67. The summed E-state index contributed by atoms with van der Waals surface area (Å²) in [6.07, 6.45) is -0.725. The molecule has 0 bridgehead atoms. The van der Waals surface area contributed by atoms with Crippen LogP contribution in [-0.2, 0) is 10.3 Å². The fourth-order valence-electron chi connectivity index (χ4n) is 3.70. The average Bonchev–Trinajstić information content (AvgIpc) is 2.82. The van der Waals surface area contributed by atoms with Crippen molar-refractivity contribution in [1.29, 1.82) is 5.26 Å². The Bertz CT molecular complexity index is 974. The maximum Gasteiger partial charge on any atom is 0.171 e. The van der Waals surface area contributed by atoms with Crippen molar-refractivity contribution in [1.82, 2.24) is 0 Å². The van der Waals surface area contributed by atoms with E-state index in [9.17, 15) is 5.26 Å². The summed E-state index contributed by atoms with van der Waals surface area (Å²) in [5.74, 6) is 0. The first-order valence-electron chi connectivity index (χ1n) is 9.63. The van der Waals surface area contributed by atoms with Crippen molar-refractivity contribution in [2.24, 2.45) is 0 Å². The summed E-state index contributed by atoms with van der Waals surface area (Å²) in [7, 11) is 0. The SMILES string of the molecule is N#C[C@@H](OC(c1ccccc1)(c1ccccc1)c1ccccc1)c1ccccc1. The van der Waals surface area contributed by atoms with Gasteiger partial charge in [0.15, 0.2) is 6.10 Å². The van der Waals surface area contributed by atoms with Crippen LogP contribution < -0.4 is 0 Å². The molecule has 0 unspecified atom stereocenters. The molecule has 1 atom stereocenters. The summed E-state index contributed by atoms with van der Waals surface area (Å²) in [5.41, 5.74) is 2.86. The molecule has 4 aromatic rings. The Morgan fingerprint density at radius 1 is 0.552 bits per heavy atom. The summed E-state index contributed by atoms with van der Waals surface area (Å²) in [4.78, 5) is 0. The summed E-state index contributed by atoms with van der Waals surface area (Å²) in [6.45, 7) is 0. The number of hydrogen-bond donors (Lipinski definition) is 0. The number of ether oxygens (including phenoxy) is 1. The molecule has 140 valence electrons. The van der Waals surface area contributed by atoms with Crippen LogP contribution in [0.3, 0.4) is 0 Å². The van der Waals surface area contributed by atoms with Gasteiger partial charge in [-0.15, -0.1) is 0 Å². The van der Waals surface area contributed by atoms with Crippen LogP contribution in [0.2, 0.25) is 0 Å². The van der Waals surface area contributed by atoms with E-state index in [1.165, 1.54) is 0 Å². The molecule has 2 nitrogen and oxygen atoms in total. The molecule has 0 amide bonds. The summed E-state index contributed by atoms with van der Waals surface area (Å²) in [5, 5.41) is 10.0. The monoisotopic (exact) mass is 375 g/mol. The maximum atomic E-state index is 10.0. The van der Waals surface area contributed by atoms with Crippen LogP contribution >= 0.6 is 0 Å². The van der Waals surface area contributed by atoms with Crippen LogP contribution in [-0.4, -0.2) is 0 Å². The standard InChI is InChI=1S/C27H21NO/c28-21-26(22-13-5-1-6-14-22)29-27(23-15-7-2-8-16-23,24-17-9-3-10-18-24)25-19-11-4-12-20-25/h1-20,26H/t26-/m1/s1. The van der Waals surface area contributed by atoms with Gasteiger partial charge < -0.3 is 4.74 Å². The number of hydrogen-bond acceptors (Lipinski definition) is 2. The fraction of sp³-hybridized carbons (Fsp3) is 0.0741. The van der Waals surface area contributed by atoms with Crippen LogP contribution in [0.1, 0.15) is 28.4 Å². The van der Waals surface area contributed by atoms with Gasteiger partial charge in [0.05, 0.1) is 6.07 Å². The third-order valence-electron chi connectivity index (χ3n) is 5.06. The molecule has 0 saturated heterocycles. The molecule has 0 aliphatic rings. The molecule has 0 aromatic heterocycles. The van der Waals surface area contributed by atoms with Gasteiger partial charge in [-0.2, -0.15) is 5.26 Å². The third kappa shape index (κ3) is 3.69. The zero-order valence-electron chi connectivity index (χ0n) is 16.0. The van der Waals surface area contributed by atoms with Crippen LogP contribution in [0.15, 0.2) is 121 Å². The lowest BCUT2D eigenvalue weighted by atomic mass is 9.79. The lowest BCUT2D eigenvalue weighted by Crippen LogP contribution is -2.34. The molecule has 0 aliphatic heterocycles. The smallest absolute Gasteiger partial charge is 0.171 e. The van der Waals surface area contributed by atoms with Crippen molar-refractivity contribution >= 4 is 0 Å². The maximum absolute atomic E-state index is 10.0. The first-order chi connectivity index (χ1) is 14.3. The highest BCUT2D eigenvalue weighted by molar-refractivity contribution is 5.48. The van der Waals surface area contributed by atoms with E-state index < -0.39 is 11.7 Å². The predicted octanol–water partition coefficient (Wildman–Crippen LogP) is 6.26. The van der Waals surface area contributed by atoms with E-state index in [1.807, 2.05) is 84.9 Å². The van der Waals surface area contributed by atoms with Gasteiger partial charge in [0.25, 0.3) is 0 Å². The second-order valence-electron chi connectivity index (χ2n) is 6.82. The van der Waals surface area contributed by atoms with Gasteiger partial charge >= 0.3 is 0 Å². The highest BCUT2D eigenvalue weighted by Crippen LogP contribution is 2.43. The minimum Gasteiger partial charge on any atom is -0.338 e. The van der Waals surface area contributed by atoms with Gasteiger partial charge in [0, 0.05) is 0 Å². The predicted molar refractivity (Wildman–Crippen MR) is 115 cm³/mol. The van der Waals surface area contributed by atoms with Gasteiger partial charge in [-0.05, 0) is 22.3 Å². The van der Waals surface area contributed by atoms with Crippen molar-refractivity contribution in [2.75, 3.05) is 0 Å². The molecule has 0 saturated carbocycles. The zero-order chi connectivity index (χ0) is 19.9. The van der Waals surface area contributed by atoms with Crippen molar-refractivity contribution in [3.63, 3.8) is 0 Å². The molecule has 0 radical (unpaired) electrons. The minimum absolute atomic E-state index is 0.725. The van der Waals surface area contributed by atoms with E-state index in [2.05, 4.69) is 42.5 Å². The number of benzene rings is 4. The highest BCUT2D eigenvalue weighted by atomic mass is 16.5. The molecule has 0 fully saturated rings. The van der Waals surface area contributed by atoms with Crippen LogP contribution in [0.25, 0.3) is 0 Å². The van der Waals surface area contributed by atoms with Gasteiger partial charge in [-0.1, -0.05) is 121 Å². The normalized spacial score (nSPS) is 12.1. The lowest BCUT2D eigenvalue weighted by molar-refractivity contribution is -0.0222. The van der Waals surface area contributed by atoms with Gasteiger partial charge in [0.2, 0.25) is 0 Å². The zero-order valence-corrected chi connectivity index (χ0v) is 16.0. The number of nitriles is 1. The van der Waals surface area contributed by atoms with E-state index in [0.29, 0.717) is 0 Å². The Morgan fingerprint density at radius 2 is 0.897 bits per heavy atom. The Balaban J connectivity index is 1.97. The van der Waals surface area contributed by atoms with Crippen LogP contribution in [0.4, 0.5) is 0 Å².